The van der Waals surface area contributed by atoms with Crippen LogP contribution in [-0.4, -0.2) is 41.6 Å². The zero-order valence-corrected chi connectivity index (χ0v) is 25.9. The standard InChI is InChI=1S/C32H27F3N4O4S2/c1-17-7-11-22(12-8-17)39-28(41)25-24(18-9-13-21(14-10-18)37(2)3)27-30(44-26(25)29(39)42)38(31(43)45-27)16-23(40)36-20-6-4-5-19(15-20)32(33,34)35/h4-15,24-26H,16H2,1-3H3,(H,36,40). The topological polar surface area (TPSA) is 91.7 Å². The summed E-state index contributed by atoms with van der Waals surface area (Å²) in [4.78, 5) is 57.5. The summed E-state index contributed by atoms with van der Waals surface area (Å²) in [7, 11) is 3.80. The van der Waals surface area contributed by atoms with Crippen LogP contribution in [0.3, 0.4) is 0 Å². The minimum atomic E-state index is -4.59. The van der Waals surface area contributed by atoms with Crippen molar-refractivity contribution in [2.45, 2.75) is 35.8 Å². The van der Waals surface area contributed by atoms with Crippen LogP contribution in [0.1, 0.15) is 27.5 Å². The largest absolute Gasteiger partial charge is 0.416 e. The Kier molecular flexibility index (Phi) is 7.86. The van der Waals surface area contributed by atoms with Crippen molar-refractivity contribution < 1.29 is 27.6 Å². The predicted molar refractivity (Wildman–Crippen MR) is 168 cm³/mol. The maximum absolute atomic E-state index is 14.0. The highest BCUT2D eigenvalue weighted by atomic mass is 32.2. The summed E-state index contributed by atoms with van der Waals surface area (Å²) in [5.41, 5.74) is 2.10. The van der Waals surface area contributed by atoms with Gasteiger partial charge in [-0.15, -0.1) is 0 Å². The van der Waals surface area contributed by atoms with Gasteiger partial charge in [-0.05, 0) is 55.0 Å². The van der Waals surface area contributed by atoms with Crippen LogP contribution < -0.4 is 20.0 Å². The molecule has 0 spiro atoms. The molecule has 2 aliphatic heterocycles. The SMILES string of the molecule is Cc1ccc(N2C(=O)C3Sc4c(sc(=O)n4CC(=O)Nc4cccc(C(F)(F)F)c4)C(c4ccc(N(C)C)cc4)C3C2=O)cc1. The van der Waals surface area contributed by atoms with E-state index in [2.05, 4.69) is 5.32 Å². The van der Waals surface area contributed by atoms with Gasteiger partial charge in [-0.1, -0.05) is 59.0 Å². The average Bonchev–Trinajstić information content (AvgIpc) is 3.43. The maximum atomic E-state index is 14.0. The first-order chi connectivity index (χ1) is 21.3. The third-order valence-electron chi connectivity index (χ3n) is 7.89. The van der Waals surface area contributed by atoms with E-state index in [0.29, 0.717) is 15.6 Å². The van der Waals surface area contributed by atoms with Crippen molar-refractivity contribution >= 4 is 57.9 Å². The monoisotopic (exact) mass is 652 g/mol. The van der Waals surface area contributed by atoms with Gasteiger partial charge in [-0.3, -0.25) is 23.7 Å². The van der Waals surface area contributed by atoms with Gasteiger partial charge in [-0.25, -0.2) is 4.90 Å². The molecule has 4 aromatic rings. The maximum Gasteiger partial charge on any atom is 0.416 e. The molecule has 232 valence electrons. The first kappa shape index (κ1) is 30.7. The number of nitrogens with zero attached hydrogens (tertiary/aromatic N) is 3. The molecule has 13 heteroatoms. The molecule has 3 aromatic carbocycles. The van der Waals surface area contributed by atoms with Crippen molar-refractivity contribution in [2.24, 2.45) is 5.92 Å². The smallest absolute Gasteiger partial charge is 0.378 e. The molecule has 6 rings (SSSR count). The number of aryl methyl sites for hydroxylation is 1. The molecule has 1 fully saturated rings. The molecule has 3 unspecified atom stereocenters. The van der Waals surface area contributed by atoms with Crippen LogP contribution in [0.4, 0.5) is 30.2 Å². The van der Waals surface area contributed by atoms with Crippen LogP contribution in [0, 0.1) is 12.8 Å². The quantitative estimate of drug-likeness (QED) is 0.268. The second-order valence-corrected chi connectivity index (χ2v) is 13.2. The second-order valence-electron chi connectivity index (χ2n) is 11.1. The Balaban J connectivity index is 1.38. The van der Waals surface area contributed by atoms with Crippen LogP contribution in [-0.2, 0) is 27.1 Å². The number of carbonyl (C=O) groups excluding carboxylic acids is 3. The van der Waals surface area contributed by atoms with E-state index in [0.717, 1.165) is 52.0 Å². The summed E-state index contributed by atoms with van der Waals surface area (Å²) in [6, 6.07) is 18.8. The van der Waals surface area contributed by atoms with E-state index in [1.807, 2.05) is 62.3 Å². The zero-order valence-electron chi connectivity index (χ0n) is 24.3. The van der Waals surface area contributed by atoms with E-state index in [1.165, 1.54) is 21.6 Å². The number of thiazole rings is 1. The molecule has 0 saturated carbocycles. The summed E-state index contributed by atoms with van der Waals surface area (Å²) >= 11 is 1.97. The molecule has 1 saturated heterocycles. The number of anilines is 3. The van der Waals surface area contributed by atoms with Crippen LogP contribution in [0.5, 0.6) is 0 Å². The summed E-state index contributed by atoms with van der Waals surface area (Å²) in [6.45, 7) is 1.42. The Morgan fingerprint density at radius 1 is 0.956 bits per heavy atom. The van der Waals surface area contributed by atoms with E-state index in [9.17, 15) is 32.3 Å². The fourth-order valence-corrected chi connectivity index (χ4v) is 8.43. The fourth-order valence-electron chi connectivity index (χ4n) is 5.66. The van der Waals surface area contributed by atoms with E-state index in [1.54, 1.807) is 12.1 Å². The molecule has 8 nitrogen and oxygen atoms in total. The van der Waals surface area contributed by atoms with E-state index in [-0.39, 0.29) is 11.6 Å². The predicted octanol–water partition coefficient (Wildman–Crippen LogP) is 5.74. The Morgan fingerprint density at radius 3 is 2.29 bits per heavy atom. The Bertz CT molecular complexity index is 1870. The molecule has 3 atom stereocenters. The number of rotatable bonds is 6. The number of aromatic nitrogens is 1. The molecule has 0 aliphatic carbocycles. The van der Waals surface area contributed by atoms with Gasteiger partial charge in [0.05, 0.1) is 22.2 Å². The van der Waals surface area contributed by atoms with Gasteiger partial charge in [0.15, 0.2) is 0 Å². The Labute approximate surface area is 264 Å². The lowest BCUT2D eigenvalue weighted by atomic mass is 9.83. The van der Waals surface area contributed by atoms with Crippen molar-refractivity contribution in [3.05, 3.63) is 104 Å². The van der Waals surface area contributed by atoms with Gasteiger partial charge in [0.1, 0.15) is 11.8 Å². The Morgan fingerprint density at radius 2 is 1.64 bits per heavy atom. The molecular formula is C32H27F3N4O4S2. The minimum Gasteiger partial charge on any atom is -0.378 e. The number of nitrogens with one attached hydrogen (secondary N) is 1. The Hall–Kier alpha value is -4.36. The number of alkyl halides is 3. The van der Waals surface area contributed by atoms with Crippen molar-refractivity contribution in [3.63, 3.8) is 0 Å². The molecule has 3 heterocycles. The van der Waals surface area contributed by atoms with E-state index in [4.69, 9.17) is 0 Å². The lowest BCUT2D eigenvalue weighted by molar-refractivity contribution is -0.137. The number of fused-ring (bicyclic) bond motifs is 2. The number of hydrogen-bond donors (Lipinski definition) is 1. The van der Waals surface area contributed by atoms with E-state index < -0.39 is 52.1 Å². The number of amides is 3. The van der Waals surface area contributed by atoms with Crippen molar-refractivity contribution in [1.82, 2.24) is 4.57 Å². The molecular weight excluding hydrogens is 626 g/mol. The van der Waals surface area contributed by atoms with Gasteiger partial charge in [0.25, 0.3) is 0 Å². The van der Waals surface area contributed by atoms with Gasteiger partial charge < -0.3 is 10.2 Å². The van der Waals surface area contributed by atoms with Gasteiger partial charge in [0.2, 0.25) is 17.7 Å². The van der Waals surface area contributed by atoms with Crippen LogP contribution >= 0.6 is 23.1 Å². The summed E-state index contributed by atoms with van der Waals surface area (Å²) in [5, 5.41) is 1.97. The second kappa shape index (κ2) is 11.5. The number of imide groups is 1. The first-order valence-electron chi connectivity index (χ1n) is 13.9. The summed E-state index contributed by atoms with van der Waals surface area (Å²) < 4.78 is 40.8. The normalized spacial score (nSPS) is 19.3. The highest BCUT2D eigenvalue weighted by Gasteiger charge is 2.56. The van der Waals surface area contributed by atoms with Gasteiger partial charge in [0, 0.05) is 36.3 Å². The molecule has 0 bridgehead atoms. The third-order valence-corrected chi connectivity index (χ3v) is 10.5. The van der Waals surface area contributed by atoms with Gasteiger partial charge in [-0.2, -0.15) is 13.2 Å². The molecule has 45 heavy (non-hydrogen) atoms. The highest BCUT2D eigenvalue weighted by molar-refractivity contribution is 8.00. The number of halogens is 3. The van der Waals surface area contributed by atoms with Crippen molar-refractivity contribution in [2.75, 3.05) is 29.2 Å². The number of carbonyl (C=O) groups is 3. The average molecular weight is 653 g/mol. The fraction of sp³-hybridized carbons (Fsp3) is 0.250. The first-order valence-corrected chi connectivity index (χ1v) is 15.6. The molecule has 1 aromatic heterocycles. The lowest BCUT2D eigenvalue weighted by Gasteiger charge is -2.31. The van der Waals surface area contributed by atoms with Crippen LogP contribution in [0.2, 0.25) is 0 Å². The van der Waals surface area contributed by atoms with Crippen LogP contribution in [0.15, 0.2) is 82.6 Å². The van der Waals surface area contributed by atoms with E-state index >= 15 is 0 Å². The third kappa shape index (κ3) is 5.66. The molecule has 1 N–H and O–H groups in total. The van der Waals surface area contributed by atoms with Crippen LogP contribution in [0.25, 0.3) is 0 Å². The molecule has 0 radical (unpaired) electrons. The number of hydrogen-bond acceptors (Lipinski definition) is 7. The molecule has 3 amide bonds. The number of thioether (sulfide) groups is 1. The highest BCUT2D eigenvalue weighted by Crippen LogP contribution is 2.54. The lowest BCUT2D eigenvalue weighted by Crippen LogP contribution is -2.33. The minimum absolute atomic E-state index is 0.0659. The molecule has 2 aliphatic rings. The number of benzene rings is 3. The summed E-state index contributed by atoms with van der Waals surface area (Å²) in [6.07, 6.45) is -4.59. The zero-order chi connectivity index (χ0) is 32.2. The van der Waals surface area contributed by atoms with Gasteiger partial charge >= 0.3 is 11.0 Å². The van der Waals surface area contributed by atoms with Crippen molar-refractivity contribution in [3.8, 4) is 0 Å². The summed E-state index contributed by atoms with van der Waals surface area (Å²) in [5.74, 6) is -2.94. The van der Waals surface area contributed by atoms with Crippen molar-refractivity contribution in [1.29, 1.82) is 0 Å².